The molecule has 2 N–H and O–H groups in total. The second kappa shape index (κ2) is 5.60. The summed E-state index contributed by atoms with van der Waals surface area (Å²) in [6.07, 6.45) is 5.12. The van der Waals surface area contributed by atoms with Gasteiger partial charge in [-0.3, -0.25) is 0 Å². The zero-order valence-corrected chi connectivity index (χ0v) is 10.6. The van der Waals surface area contributed by atoms with Gasteiger partial charge >= 0.3 is 0 Å². The standard InChI is InChI=1S/C12H21N3O2/c1-3-5-10(16-2)11-14-12(17-15-11)8-6-4-7-9(8)13/h8-10H,3-7,13H2,1-2H3. The van der Waals surface area contributed by atoms with Gasteiger partial charge in [-0.25, -0.2) is 0 Å². The van der Waals surface area contributed by atoms with E-state index in [0.29, 0.717) is 11.7 Å². The zero-order valence-electron chi connectivity index (χ0n) is 10.6. The highest BCUT2D eigenvalue weighted by molar-refractivity contribution is 5.03. The Morgan fingerprint density at radius 2 is 2.35 bits per heavy atom. The van der Waals surface area contributed by atoms with Crippen molar-refractivity contribution in [1.29, 1.82) is 0 Å². The van der Waals surface area contributed by atoms with Gasteiger partial charge in [0.25, 0.3) is 0 Å². The van der Waals surface area contributed by atoms with Crippen LogP contribution in [0.5, 0.6) is 0 Å². The van der Waals surface area contributed by atoms with Crippen LogP contribution in [0.15, 0.2) is 4.52 Å². The molecule has 96 valence electrons. The number of methoxy groups -OCH3 is 1. The van der Waals surface area contributed by atoms with Gasteiger partial charge in [0.1, 0.15) is 6.10 Å². The SMILES string of the molecule is CCCC(OC)c1noc(C2CCCC2N)n1. The summed E-state index contributed by atoms with van der Waals surface area (Å²) in [5.41, 5.74) is 6.03. The second-order valence-electron chi connectivity index (χ2n) is 4.71. The number of ether oxygens (including phenoxy) is 1. The largest absolute Gasteiger partial charge is 0.373 e. The first-order valence-corrected chi connectivity index (χ1v) is 6.38. The van der Waals surface area contributed by atoms with Crippen molar-refractivity contribution < 1.29 is 9.26 Å². The Morgan fingerprint density at radius 3 is 2.94 bits per heavy atom. The van der Waals surface area contributed by atoms with Crippen LogP contribution in [0, 0.1) is 0 Å². The minimum absolute atomic E-state index is 0.0601. The topological polar surface area (TPSA) is 74.2 Å². The number of nitrogens with two attached hydrogens (primary N) is 1. The summed E-state index contributed by atoms with van der Waals surface area (Å²) in [4.78, 5) is 4.45. The molecule has 0 spiro atoms. The summed E-state index contributed by atoms with van der Waals surface area (Å²) < 4.78 is 10.7. The maximum Gasteiger partial charge on any atom is 0.231 e. The summed E-state index contributed by atoms with van der Waals surface area (Å²) in [6.45, 7) is 2.11. The quantitative estimate of drug-likeness (QED) is 0.852. The molecule has 1 aromatic rings. The summed E-state index contributed by atoms with van der Waals surface area (Å²) >= 11 is 0. The number of rotatable bonds is 5. The fourth-order valence-corrected chi connectivity index (χ4v) is 2.44. The van der Waals surface area contributed by atoms with E-state index in [0.717, 1.165) is 32.1 Å². The maximum atomic E-state index is 6.03. The molecular weight excluding hydrogens is 218 g/mol. The number of nitrogens with zero attached hydrogens (tertiary/aromatic N) is 2. The lowest BCUT2D eigenvalue weighted by molar-refractivity contribution is 0.0854. The molecule has 1 aliphatic rings. The van der Waals surface area contributed by atoms with E-state index in [2.05, 4.69) is 17.1 Å². The summed E-state index contributed by atoms with van der Waals surface area (Å²) in [5.74, 6) is 1.57. The molecule has 0 amide bonds. The summed E-state index contributed by atoms with van der Waals surface area (Å²) in [5, 5.41) is 4.02. The van der Waals surface area contributed by atoms with Gasteiger partial charge in [0, 0.05) is 13.2 Å². The third-order valence-electron chi connectivity index (χ3n) is 3.47. The normalized spacial score (nSPS) is 26.3. The highest BCUT2D eigenvalue weighted by Gasteiger charge is 2.31. The fraction of sp³-hybridized carbons (Fsp3) is 0.833. The fourth-order valence-electron chi connectivity index (χ4n) is 2.44. The molecule has 0 aromatic carbocycles. The van der Waals surface area contributed by atoms with Crippen LogP contribution in [0.2, 0.25) is 0 Å². The molecule has 3 atom stereocenters. The predicted octanol–water partition coefficient (Wildman–Crippen LogP) is 2.15. The van der Waals surface area contributed by atoms with Crippen LogP contribution in [0.1, 0.15) is 62.8 Å². The Balaban J connectivity index is 2.09. The first kappa shape index (κ1) is 12.5. The van der Waals surface area contributed by atoms with Crippen LogP contribution in [-0.2, 0) is 4.74 Å². The third kappa shape index (κ3) is 2.66. The lowest BCUT2D eigenvalue weighted by atomic mass is 10.1. The Kier molecular flexibility index (Phi) is 4.12. The molecule has 0 bridgehead atoms. The van der Waals surface area contributed by atoms with Crippen LogP contribution in [-0.4, -0.2) is 23.3 Å². The van der Waals surface area contributed by atoms with Crippen molar-refractivity contribution in [2.75, 3.05) is 7.11 Å². The van der Waals surface area contributed by atoms with Gasteiger partial charge < -0.3 is 15.0 Å². The van der Waals surface area contributed by atoms with Gasteiger partial charge in [0.15, 0.2) is 0 Å². The first-order valence-electron chi connectivity index (χ1n) is 6.38. The van der Waals surface area contributed by atoms with Crippen LogP contribution >= 0.6 is 0 Å². The van der Waals surface area contributed by atoms with Gasteiger partial charge in [0.05, 0.1) is 5.92 Å². The number of hydrogen-bond acceptors (Lipinski definition) is 5. The maximum absolute atomic E-state index is 6.03. The third-order valence-corrected chi connectivity index (χ3v) is 3.47. The minimum Gasteiger partial charge on any atom is -0.373 e. The van der Waals surface area contributed by atoms with Gasteiger partial charge in [-0.1, -0.05) is 24.9 Å². The molecule has 5 nitrogen and oxygen atoms in total. The molecular formula is C12H21N3O2. The van der Waals surface area contributed by atoms with Crippen LogP contribution in [0.25, 0.3) is 0 Å². The summed E-state index contributed by atoms with van der Waals surface area (Å²) in [7, 11) is 1.68. The van der Waals surface area contributed by atoms with Crippen molar-refractivity contribution in [3.05, 3.63) is 11.7 Å². The number of hydrogen-bond donors (Lipinski definition) is 1. The predicted molar refractivity (Wildman–Crippen MR) is 63.5 cm³/mol. The molecule has 5 heteroatoms. The minimum atomic E-state index is -0.0601. The van der Waals surface area contributed by atoms with Gasteiger partial charge in [-0.05, 0) is 19.3 Å². The van der Waals surface area contributed by atoms with Crippen molar-refractivity contribution in [1.82, 2.24) is 10.1 Å². The highest BCUT2D eigenvalue weighted by Crippen LogP contribution is 2.33. The highest BCUT2D eigenvalue weighted by atomic mass is 16.5. The van der Waals surface area contributed by atoms with Crippen molar-refractivity contribution in [2.24, 2.45) is 5.73 Å². The molecule has 0 saturated heterocycles. The second-order valence-corrected chi connectivity index (χ2v) is 4.71. The smallest absolute Gasteiger partial charge is 0.231 e. The van der Waals surface area contributed by atoms with Crippen molar-refractivity contribution in [3.63, 3.8) is 0 Å². The molecule has 1 heterocycles. The van der Waals surface area contributed by atoms with Gasteiger partial charge in [-0.2, -0.15) is 4.98 Å². The molecule has 1 saturated carbocycles. The Morgan fingerprint density at radius 1 is 1.53 bits per heavy atom. The van der Waals surface area contributed by atoms with Crippen LogP contribution in [0.3, 0.4) is 0 Å². The Hall–Kier alpha value is -0.940. The molecule has 17 heavy (non-hydrogen) atoms. The molecule has 2 rings (SSSR count). The first-order chi connectivity index (χ1) is 8.26. The van der Waals surface area contributed by atoms with E-state index in [1.54, 1.807) is 7.11 Å². The van der Waals surface area contributed by atoms with E-state index in [9.17, 15) is 0 Å². The van der Waals surface area contributed by atoms with E-state index < -0.39 is 0 Å². The van der Waals surface area contributed by atoms with Crippen molar-refractivity contribution in [3.8, 4) is 0 Å². The molecule has 1 aliphatic carbocycles. The van der Waals surface area contributed by atoms with E-state index >= 15 is 0 Å². The van der Waals surface area contributed by atoms with E-state index in [1.165, 1.54) is 0 Å². The monoisotopic (exact) mass is 239 g/mol. The Bertz CT molecular complexity index is 353. The molecule has 1 aromatic heterocycles. The summed E-state index contributed by atoms with van der Waals surface area (Å²) in [6, 6.07) is 0.162. The van der Waals surface area contributed by atoms with Gasteiger partial charge in [0.2, 0.25) is 11.7 Å². The van der Waals surface area contributed by atoms with E-state index in [4.69, 9.17) is 15.0 Å². The molecule has 3 unspecified atom stereocenters. The van der Waals surface area contributed by atoms with Crippen molar-refractivity contribution >= 4 is 0 Å². The van der Waals surface area contributed by atoms with Gasteiger partial charge in [-0.15, -0.1) is 0 Å². The average molecular weight is 239 g/mol. The van der Waals surface area contributed by atoms with Crippen molar-refractivity contribution in [2.45, 2.75) is 57.1 Å². The number of aromatic nitrogens is 2. The molecule has 0 aliphatic heterocycles. The zero-order chi connectivity index (χ0) is 12.3. The van der Waals surface area contributed by atoms with Crippen LogP contribution < -0.4 is 5.73 Å². The molecule has 0 radical (unpaired) electrons. The van der Waals surface area contributed by atoms with Crippen LogP contribution in [0.4, 0.5) is 0 Å². The lowest BCUT2D eigenvalue weighted by Crippen LogP contribution is -2.23. The van der Waals surface area contributed by atoms with E-state index in [-0.39, 0.29) is 18.1 Å². The Labute approximate surface area is 102 Å². The average Bonchev–Trinajstić information content (AvgIpc) is 2.94. The molecule has 1 fully saturated rings. The lowest BCUT2D eigenvalue weighted by Gasteiger charge is -2.10. The van der Waals surface area contributed by atoms with E-state index in [1.807, 2.05) is 0 Å².